The summed E-state index contributed by atoms with van der Waals surface area (Å²) in [7, 11) is 0. The molecule has 0 aliphatic carbocycles. The van der Waals surface area contributed by atoms with Gasteiger partial charge in [-0.2, -0.15) is 0 Å². The maximum Gasteiger partial charge on any atom is 0.274 e. The fraction of sp³-hybridized carbons (Fsp3) is 0.296. The molecule has 0 spiro atoms. The van der Waals surface area contributed by atoms with E-state index in [4.69, 9.17) is 9.47 Å². The van der Waals surface area contributed by atoms with Crippen molar-refractivity contribution in [3.05, 3.63) is 93.0 Å². The minimum absolute atomic E-state index is 0.0453. The summed E-state index contributed by atoms with van der Waals surface area (Å²) in [5.41, 5.74) is 3.14. The monoisotopic (exact) mass is 462 g/mol. The maximum atomic E-state index is 12.9. The average molecular weight is 463 g/mol. The van der Waals surface area contributed by atoms with E-state index in [1.54, 1.807) is 37.3 Å². The number of benzene rings is 3. The molecule has 0 saturated heterocycles. The van der Waals surface area contributed by atoms with Gasteiger partial charge >= 0.3 is 0 Å². The second-order valence-corrected chi connectivity index (χ2v) is 8.98. The van der Waals surface area contributed by atoms with E-state index >= 15 is 0 Å². The number of carbonyl (C=O) groups excluding carboxylic acids is 1. The molecule has 0 atom stereocenters. The van der Waals surface area contributed by atoms with E-state index in [2.05, 4.69) is 26.1 Å². The minimum Gasteiger partial charge on any atom is -0.493 e. The third-order valence-corrected chi connectivity index (χ3v) is 5.49. The molecule has 3 aromatic carbocycles. The third kappa shape index (κ3) is 5.92. The Balaban J connectivity index is 1.80. The van der Waals surface area contributed by atoms with Gasteiger partial charge in [0.25, 0.3) is 11.6 Å². The van der Waals surface area contributed by atoms with Crippen LogP contribution in [-0.4, -0.2) is 17.4 Å². The number of nitro groups is 1. The van der Waals surface area contributed by atoms with E-state index in [9.17, 15) is 14.9 Å². The van der Waals surface area contributed by atoms with Crippen LogP contribution in [0, 0.1) is 17.0 Å². The van der Waals surface area contributed by atoms with Gasteiger partial charge in [-0.1, -0.05) is 39.0 Å². The molecule has 1 amide bonds. The van der Waals surface area contributed by atoms with Gasteiger partial charge in [0.2, 0.25) is 0 Å². The Kier molecular flexibility index (Phi) is 7.56. The first-order chi connectivity index (χ1) is 16.1. The minimum atomic E-state index is -0.467. The van der Waals surface area contributed by atoms with Crippen molar-refractivity contribution in [3.63, 3.8) is 0 Å². The van der Waals surface area contributed by atoms with Crippen LogP contribution in [0.15, 0.2) is 60.7 Å². The van der Waals surface area contributed by atoms with Crippen molar-refractivity contribution < 1.29 is 19.2 Å². The van der Waals surface area contributed by atoms with Crippen LogP contribution in [0.4, 0.5) is 11.4 Å². The zero-order chi connectivity index (χ0) is 24.9. The number of nitrogens with zero attached hydrogens (tertiary/aromatic N) is 1. The first-order valence-electron chi connectivity index (χ1n) is 11.1. The summed E-state index contributed by atoms with van der Waals surface area (Å²) in [6, 6.07) is 17.7. The molecule has 0 heterocycles. The molecule has 0 aliphatic heterocycles. The van der Waals surface area contributed by atoms with Crippen LogP contribution in [0.3, 0.4) is 0 Å². The molecule has 0 radical (unpaired) electrons. The van der Waals surface area contributed by atoms with Crippen molar-refractivity contribution in [1.82, 2.24) is 0 Å². The Morgan fingerprint density at radius 3 is 2.35 bits per heavy atom. The second-order valence-electron chi connectivity index (χ2n) is 8.98. The summed E-state index contributed by atoms with van der Waals surface area (Å²) in [6.07, 6.45) is 0. The summed E-state index contributed by atoms with van der Waals surface area (Å²) in [6.45, 7) is 10.7. The molecule has 178 valence electrons. The van der Waals surface area contributed by atoms with Gasteiger partial charge in [-0.15, -0.1) is 0 Å². The van der Waals surface area contributed by atoms with Gasteiger partial charge in [0.15, 0.2) is 0 Å². The SMILES string of the molecule is CCOc1ccc(C(=O)Nc2cccc([N+](=O)[O-])c2C)cc1COc1ccc(C(C)(C)C)cc1. The number of hydrogen-bond acceptors (Lipinski definition) is 5. The van der Waals surface area contributed by atoms with E-state index in [0.717, 1.165) is 11.3 Å². The van der Waals surface area contributed by atoms with Gasteiger partial charge in [0.05, 0.1) is 22.8 Å². The summed E-state index contributed by atoms with van der Waals surface area (Å²) < 4.78 is 11.7. The zero-order valence-corrected chi connectivity index (χ0v) is 20.2. The molecule has 3 aromatic rings. The number of hydrogen-bond donors (Lipinski definition) is 1. The van der Waals surface area contributed by atoms with E-state index < -0.39 is 4.92 Å². The lowest BCUT2D eigenvalue weighted by Gasteiger charge is -2.19. The van der Waals surface area contributed by atoms with E-state index in [-0.39, 0.29) is 23.6 Å². The van der Waals surface area contributed by atoms with Gasteiger partial charge in [-0.25, -0.2) is 0 Å². The number of nitrogens with one attached hydrogen (secondary N) is 1. The van der Waals surface area contributed by atoms with Gasteiger partial charge in [-0.05, 0) is 61.2 Å². The molecule has 7 heteroatoms. The summed E-state index contributed by atoms with van der Waals surface area (Å²) in [5, 5.41) is 14.0. The van der Waals surface area contributed by atoms with Crippen LogP contribution >= 0.6 is 0 Å². The smallest absolute Gasteiger partial charge is 0.274 e. The second kappa shape index (κ2) is 10.4. The number of carbonyl (C=O) groups is 1. The lowest BCUT2D eigenvalue weighted by Crippen LogP contribution is -2.14. The summed E-state index contributed by atoms with van der Waals surface area (Å²) >= 11 is 0. The Bertz CT molecular complexity index is 1180. The molecule has 0 unspecified atom stereocenters. The van der Waals surface area contributed by atoms with Gasteiger partial charge in [-0.3, -0.25) is 14.9 Å². The van der Waals surface area contributed by atoms with Crippen LogP contribution < -0.4 is 14.8 Å². The third-order valence-electron chi connectivity index (χ3n) is 5.49. The molecule has 0 aliphatic rings. The lowest BCUT2D eigenvalue weighted by atomic mass is 9.87. The Morgan fingerprint density at radius 2 is 1.74 bits per heavy atom. The maximum absolute atomic E-state index is 12.9. The predicted molar refractivity (Wildman–Crippen MR) is 133 cm³/mol. The van der Waals surface area contributed by atoms with Crippen molar-refractivity contribution >= 4 is 17.3 Å². The van der Waals surface area contributed by atoms with Crippen molar-refractivity contribution in [2.75, 3.05) is 11.9 Å². The highest BCUT2D eigenvalue weighted by molar-refractivity contribution is 6.05. The first kappa shape index (κ1) is 24.8. The Labute approximate surface area is 199 Å². The van der Waals surface area contributed by atoms with Gasteiger partial charge in [0, 0.05) is 17.2 Å². The van der Waals surface area contributed by atoms with Gasteiger partial charge < -0.3 is 14.8 Å². The van der Waals surface area contributed by atoms with Crippen LogP contribution in [0.2, 0.25) is 0 Å². The molecule has 0 aromatic heterocycles. The standard InChI is InChI=1S/C27H30N2O5/c1-6-33-25-15-10-19(26(30)28-23-8-7-9-24(18(23)2)29(31)32)16-20(25)17-34-22-13-11-21(12-14-22)27(3,4)5/h7-16H,6,17H2,1-5H3,(H,28,30). The highest BCUT2D eigenvalue weighted by Crippen LogP contribution is 2.28. The first-order valence-corrected chi connectivity index (χ1v) is 11.1. The van der Waals surface area contributed by atoms with Crippen molar-refractivity contribution in [3.8, 4) is 11.5 Å². The highest BCUT2D eigenvalue weighted by atomic mass is 16.6. The zero-order valence-electron chi connectivity index (χ0n) is 20.2. The van der Waals surface area contributed by atoms with Crippen molar-refractivity contribution in [2.24, 2.45) is 0 Å². The van der Waals surface area contributed by atoms with Crippen LogP contribution in [0.1, 0.15) is 54.7 Å². The van der Waals surface area contributed by atoms with Crippen LogP contribution in [0.25, 0.3) is 0 Å². The Morgan fingerprint density at radius 1 is 1.03 bits per heavy atom. The predicted octanol–water partition coefficient (Wildman–Crippen LogP) is 6.43. The molecule has 3 rings (SSSR count). The van der Waals surface area contributed by atoms with Crippen LogP contribution in [-0.2, 0) is 12.0 Å². The fourth-order valence-electron chi connectivity index (χ4n) is 3.49. The quantitative estimate of drug-likeness (QED) is 0.308. The molecule has 34 heavy (non-hydrogen) atoms. The fourth-order valence-corrected chi connectivity index (χ4v) is 3.49. The average Bonchev–Trinajstić information content (AvgIpc) is 2.79. The lowest BCUT2D eigenvalue weighted by molar-refractivity contribution is -0.385. The van der Waals surface area contributed by atoms with E-state index in [1.807, 2.05) is 31.2 Å². The molecule has 0 fully saturated rings. The Hall–Kier alpha value is -3.87. The normalized spacial score (nSPS) is 11.1. The number of anilines is 1. The summed E-state index contributed by atoms with van der Waals surface area (Å²) in [4.78, 5) is 23.6. The molecule has 7 nitrogen and oxygen atoms in total. The van der Waals surface area contributed by atoms with Crippen molar-refractivity contribution in [1.29, 1.82) is 0 Å². The molecule has 0 saturated carbocycles. The van der Waals surface area contributed by atoms with E-state index in [0.29, 0.717) is 29.2 Å². The topological polar surface area (TPSA) is 90.7 Å². The van der Waals surface area contributed by atoms with E-state index in [1.165, 1.54) is 11.6 Å². The number of nitro benzene ring substituents is 1. The molecular formula is C27H30N2O5. The van der Waals surface area contributed by atoms with Crippen LogP contribution in [0.5, 0.6) is 11.5 Å². The highest BCUT2D eigenvalue weighted by Gasteiger charge is 2.17. The molecule has 0 bridgehead atoms. The summed E-state index contributed by atoms with van der Waals surface area (Å²) in [5.74, 6) is 0.983. The number of ether oxygens (including phenoxy) is 2. The van der Waals surface area contributed by atoms with Crippen molar-refractivity contribution in [2.45, 2.75) is 46.6 Å². The largest absolute Gasteiger partial charge is 0.493 e. The number of amides is 1. The molecule has 1 N–H and O–H groups in total. The molecular weight excluding hydrogens is 432 g/mol. The van der Waals surface area contributed by atoms with Gasteiger partial charge in [0.1, 0.15) is 18.1 Å². The number of rotatable bonds is 8.